The number of methoxy groups -OCH3 is 1. The summed E-state index contributed by atoms with van der Waals surface area (Å²) in [6.07, 6.45) is 3.73. The zero-order valence-electron chi connectivity index (χ0n) is 21.3. The Morgan fingerprint density at radius 3 is 2.50 bits per heavy atom. The molecule has 1 amide bonds. The monoisotopic (exact) mass is 497 g/mol. The average molecular weight is 498 g/mol. The highest BCUT2D eigenvalue weighted by molar-refractivity contribution is 6.83. The van der Waals surface area contributed by atoms with Crippen molar-refractivity contribution in [2.24, 2.45) is 5.41 Å². The Hall–Kier alpha value is -2.89. The van der Waals surface area contributed by atoms with Crippen molar-refractivity contribution in [2.45, 2.75) is 60.8 Å². The maximum atomic E-state index is 12.5. The molecule has 0 atom stereocenters. The number of nitrogens with zero attached hydrogens (tertiary/aromatic N) is 4. The highest BCUT2D eigenvalue weighted by atomic mass is 35.5. The summed E-state index contributed by atoms with van der Waals surface area (Å²) in [6.45, 7) is 16.4. The van der Waals surface area contributed by atoms with Gasteiger partial charge in [0.25, 0.3) is 0 Å². The summed E-state index contributed by atoms with van der Waals surface area (Å²) in [5.41, 5.74) is 6.92. The first-order chi connectivity index (χ1) is 15.7. The number of fused-ring (bicyclic) bond motifs is 1. The summed E-state index contributed by atoms with van der Waals surface area (Å²) in [7, 11) is 0.0271. The molecule has 3 aromatic heterocycles. The lowest BCUT2D eigenvalue weighted by Gasteiger charge is -2.17. The third-order valence-corrected chi connectivity index (χ3v) is 6.37. The van der Waals surface area contributed by atoms with Crippen LogP contribution in [0.1, 0.15) is 43.2 Å². The van der Waals surface area contributed by atoms with Crippen LogP contribution in [0.5, 0.6) is 5.75 Å². The molecule has 180 valence electrons. The largest absolute Gasteiger partial charge is 0.496 e. The smallest absolute Gasteiger partial charge is 0.232 e. The van der Waals surface area contributed by atoms with Crippen molar-refractivity contribution in [1.29, 1.82) is 0 Å². The van der Waals surface area contributed by atoms with Crippen molar-refractivity contribution in [1.82, 2.24) is 19.5 Å². The fourth-order valence-corrected chi connectivity index (χ4v) is 4.13. The van der Waals surface area contributed by atoms with Gasteiger partial charge in [0.15, 0.2) is 0 Å². The SMILES string of the molecule is COc1c(C)cnc(Cn2cc(C#C[Si](C)(C)C)c3c(Cl)nc(NC(=O)C(C)(C)C)nc32)c1C. The molecule has 0 bridgehead atoms. The highest BCUT2D eigenvalue weighted by Crippen LogP contribution is 2.30. The molecule has 0 spiro atoms. The second-order valence-corrected chi connectivity index (χ2v) is 15.6. The van der Waals surface area contributed by atoms with Gasteiger partial charge in [-0.15, -0.1) is 5.54 Å². The molecule has 0 fully saturated rings. The molecule has 0 radical (unpaired) electrons. The second kappa shape index (κ2) is 9.39. The first-order valence-corrected chi connectivity index (χ1v) is 15.0. The normalized spacial score (nSPS) is 11.8. The zero-order valence-corrected chi connectivity index (χ0v) is 23.1. The molecule has 3 aromatic rings. The number of nitrogens with one attached hydrogen (secondary N) is 1. The number of carbonyl (C=O) groups excluding carboxylic acids is 1. The molecule has 0 aliphatic rings. The van der Waals surface area contributed by atoms with Crippen LogP contribution in [0.15, 0.2) is 12.4 Å². The molecule has 34 heavy (non-hydrogen) atoms. The minimum atomic E-state index is -1.63. The van der Waals surface area contributed by atoms with Gasteiger partial charge in [-0.3, -0.25) is 15.1 Å². The van der Waals surface area contributed by atoms with Gasteiger partial charge in [-0.05, 0) is 13.8 Å². The van der Waals surface area contributed by atoms with Gasteiger partial charge in [-0.1, -0.05) is 57.9 Å². The number of hydrogen-bond donors (Lipinski definition) is 1. The molecule has 3 heterocycles. The maximum Gasteiger partial charge on any atom is 0.232 e. The quantitative estimate of drug-likeness (QED) is 0.298. The number of pyridine rings is 1. The summed E-state index contributed by atoms with van der Waals surface area (Å²) in [6, 6.07) is 0. The lowest BCUT2D eigenvalue weighted by atomic mass is 9.96. The van der Waals surface area contributed by atoms with Gasteiger partial charge in [0.05, 0.1) is 30.3 Å². The third-order valence-electron chi connectivity index (χ3n) is 5.22. The zero-order chi connectivity index (χ0) is 25.4. The van der Waals surface area contributed by atoms with Gasteiger partial charge >= 0.3 is 0 Å². The Labute approximate surface area is 207 Å². The van der Waals surface area contributed by atoms with Gasteiger partial charge in [0.1, 0.15) is 24.6 Å². The first-order valence-electron chi connectivity index (χ1n) is 11.1. The number of carbonyl (C=O) groups is 1. The lowest BCUT2D eigenvalue weighted by Crippen LogP contribution is -2.28. The van der Waals surface area contributed by atoms with Crippen molar-refractivity contribution in [3.63, 3.8) is 0 Å². The number of aromatic nitrogens is 4. The van der Waals surface area contributed by atoms with E-state index in [-0.39, 0.29) is 17.0 Å². The van der Waals surface area contributed by atoms with Crippen molar-refractivity contribution in [3.05, 3.63) is 39.9 Å². The van der Waals surface area contributed by atoms with Crippen molar-refractivity contribution < 1.29 is 9.53 Å². The molecule has 7 nitrogen and oxygen atoms in total. The maximum absolute atomic E-state index is 12.5. The van der Waals surface area contributed by atoms with Crippen LogP contribution in [-0.4, -0.2) is 40.6 Å². The van der Waals surface area contributed by atoms with Crippen LogP contribution in [0.3, 0.4) is 0 Å². The Balaban J connectivity index is 2.19. The molecular formula is C25H32ClN5O2Si. The Morgan fingerprint density at radius 1 is 1.24 bits per heavy atom. The first kappa shape index (κ1) is 25.7. The van der Waals surface area contributed by atoms with Crippen LogP contribution in [0, 0.1) is 30.7 Å². The minimum absolute atomic E-state index is 0.160. The highest BCUT2D eigenvalue weighted by Gasteiger charge is 2.24. The van der Waals surface area contributed by atoms with E-state index in [9.17, 15) is 4.79 Å². The number of ether oxygens (including phenoxy) is 1. The van der Waals surface area contributed by atoms with Crippen LogP contribution >= 0.6 is 11.6 Å². The standard InChI is InChI=1S/C25H32ClN5O2Si/c1-15-12-27-18(16(2)20(15)33-6)14-31-13-17(10-11-34(7,8)9)19-21(26)28-24(29-22(19)31)30-23(32)25(3,4)5/h12-13H,14H2,1-9H3,(H,28,29,30,32). The Kier molecular flexibility index (Phi) is 7.11. The molecule has 1 N–H and O–H groups in total. The van der Waals surface area contributed by atoms with Crippen molar-refractivity contribution in [3.8, 4) is 17.2 Å². The van der Waals surface area contributed by atoms with Crippen LogP contribution < -0.4 is 10.1 Å². The van der Waals surface area contributed by atoms with Crippen molar-refractivity contribution >= 4 is 42.6 Å². The summed E-state index contributed by atoms with van der Waals surface area (Å²) < 4.78 is 7.53. The Bertz CT molecular complexity index is 1320. The van der Waals surface area contributed by atoms with Gasteiger partial charge in [-0.25, -0.2) is 0 Å². The van der Waals surface area contributed by atoms with E-state index >= 15 is 0 Å². The predicted molar refractivity (Wildman–Crippen MR) is 140 cm³/mol. The van der Waals surface area contributed by atoms with E-state index in [0.29, 0.717) is 17.6 Å². The minimum Gasteiger partial charge on any atom is -0.496 e. The average Bonchev–Trinajstić information content (AvgIpc) is 3.05. The fourth-order valence-electron chi connectivity index (χ4n) is 3.35. The van der Waals surface area contributed by atoms with E-state index in [0.717, 1.165) is 28.1 Å². The summed E-state index contributed by atoms with van der Waals surface area (Å²) in [5.74, 6) is 4.08. The van der Waals surface area contributed by atoms with Crippen LogP contribution in [0.25, 0.3) is 11.0 Å². The molecule has 0 aromatic carbocycles. The molecule has 0 saturated heterocycles. The van der Waals surface area contributed by atoms with Gasteiger partial charge in [0.2, 0.25) is 11.9 Å². The Morgan fingerprint density at radius 2 is 1.91 bits per heavy atom. The summed E-state index contributed by atoms with van der Waals surface area (Å²) in [5, 5.41) is 3.70. The predicted octanol–water partition coefficient (Wildman–Crippen LogP) is 5.37. The number of anilines is 1. The van der Waals surface area contributed by atoms with Crippen molar-refractivity contribution in [2.75, 3.05) is 12.4 Å². The molecule has 0 aliphatic heterocycles. The molecule has 3 rings (SSSR count). The van der Waals surface area contributed by atoms with E-state index < -0.39 is 13.5 Å². The van der Waals surface area contributed by atoms with E-state index in [1.807, 2.05) is 45.4 Å². The number of hydrogen-bond acceptors (Lipinski definition) is 5. The summed E-state index contributed by atoms with van der Waals surface area (Å²) in [4.78, 5) is 26.2. The van der Waals surface area contributed by atoms with E-state index in [2.05, 4.69) is 51.4 Å². The molecule has 0 saturated carbocycles. The fraction of sp³-hybridized carbons (Fsp3) is 0.440. The topological polar surface area (TPSA) is 81.9 Å². The second-order valence-electron chi connectivity index (χ2n) is 10.5. The summed E-state index contributed by atoms with van der Waals surface area (Å²) >= 11 is 6.62. The van der Waals surface area contributed by atoms with Gasteiger partial charge < -0.3 is 9.30 Å². The van der Waals surface area contributed by atoms with Gasteiger partial charge in [-0.2, -0.15) is 9.97 Å². The number of aryl methyl sites for hydroxylation is 1. The van der Waals surface area contributed by atoms with Crippen LogP contribution in [0.2, 0.25) is 24.8 Å². The number of rotatable bonds is 4. The lowest BCUT2D eigenvalue weighted by molar-refractivity contribution is -0.123. The molecule has 0 aliphatic carbocycles. The van der Waals surface area contributed by atoms with Crippen LogP contribution in [0.4, 0.5) is 5.95 Å². The van der Waals surface area contributed by atoms with Gasteiger partial charge in [0, 0.05) is 28.9 Å². The van der Waals surface area contributed by atoms with E-state index in [1.165, 1.54) is 0 Å². The number of halogens is 1. The van der Waals surface area contributed by atoms with Crippen LogP contribution in [-0.2, 0) is 11.3 Å². The molecule has 9 heteroatoms. The van der Waals surface area contributed by atoms with E-state index in [1.54, 1.807) is 13.3 Å². The van der Waals surface area contributed by atoms with E-state index in [4.69, 9.17) is 16.3 Å². The molecule has 0 unspecified atom stereocenters. The third kappa shape index (κ3) is 5.60. The molecular weight excluding hydrogens is 466 g/mol. The number of amides is 1.